The number of hydrogen-bond donors (Lipinski definition) is 0. The van der Waals surface area contributed by atoms with Gasteiger partial charge in [-0.05, 0) is 0 Å². The molecule has 0 unspecified atom stereocenters. The summed E-state index contributed by atoms with van der Waals surface area (Å²) in [6.07, 6.45) is 0. The van der Waals surface area contributed by atoms with Gasteiger partial charge in [-0.25, -0.2) is 0 Å². The number of para-hydroxylation sites is 2. The molecule has 2 nitrogen and oxygen atoms in total. The van der Waals surface area contributed by atoms with E-state index in [1.165, 1.54) is 72.6 Å². The molecule has 0 N–H and O–H groups in total. The van der Waals surface area contributed by atoms with Crippen LogP contribution in [0.25, 0.3) is 67.0 Å². The van der Waals surface area contributed by atoms with Crippen molar-refractivity contribution in [1.29, 1.82) is 0 Å². The number of benzene rings is 7. The zero-order valence-electron chi connectivity index (χ0n) is 24.7. The Kier molecular flexibility index (Phi) is 5.79. The predicted octanol–water partition coefficient (Wildman–Crippen LogP) is 12.0. The van der Waals surface area contributed by atoms with Crippen LogP contribution in [0.5, 0.6) is 0 Å². The van der Waals surface area contributed by atoms with Crippen LogP contribution in [0.15, 0.2) is 158 Å². The molecule has 3 aromatic heterocycles. The van der Waals surface area contributed by atoms with E-state index in [1.807, 2.05) is 11.3 Å². The van der Waals surface area contributed by atoms with Crippen LogP contribution < -0.4 is 4.90 Å². The van der Waals surface area contributed by atoms with Gasteiger partial charge in [-0.3, -0.25) is 0 Å². The van der Waals surface area contributed by atoms with E-state index in [4.69, 9.17) is 0 Å². The van der Waals surface area contributed by atoms with E-state index in [-0.39, 0.29) is 0 Å². The van der Waals surface area contributed by atoms with Crippen molar-refractivity contribution in [2.24, 2.45) is 0 Å². The quantitative estimate of drug-likeness (QED) is 0.169. The van der Waals surface area contributed by atoms with Gasteiger partial charge in [-0.2, -0.15) is 0 Å². The number of anilines is 3. The van der Waals surface area contributed by atoms with Gasteiger partial charge in [-0.1, -0.05) is 6.07 Å². The molecule has 0 aliphatic rings. The first-order valence-corrected chi connectivity index (χ1v) is 18.0. The molecular weight excluding hydrogens is 644 g/mol. The van der Waals surface area contributed by atoms with Crippen LogP contribution in [0.1, 0.15) is 0 Å². The summed E-state index contributed by atoms with van der Waals surface area (Å²) in [4.78, 5) is 2.45. The molecular formula is C42H26N2SSe. The van der Waals surface area contributed by atoms with Gasteiger partial charge in [0.2, 0.25) is 0 Å². The maximum absolute atomic E-state index is 2.45. The van der Waals surface area contributed by atoms with E-state index in [9.17, 15) is 0 Å². The van der Waals surface area contributed by atoms with Gasteiger partial charge in [0.05, 0.1) is 0 Å². The Morgan fingerprint density at radius 1 is 0.413 bits per heavy atom. The predicted molar refractivity (Wildman–Crippen MR) is 200 cm³/mol. The molecule has 10 rings (SSSR count). The molecule has 46 heavy (non-hydrogen) atoms. The van der Waals surface area contributed by atoms with E-state index in [0.29, 0.717) is 14.5 Å². The Morgan fingerprint density at radius 3 is 1.91 bits per heavy atom. The summed E-state index contributed by atoms with van der Waals surface area (Å²) in [5.41, 5.74) is 7.06. The minimum atomic E-state index is 0.333. The van der Waals surface area contributed by atoms with Crippen molar-refractivity contribution < 1.29 is 0 Å². The summed E-state index contributed by atoms with van der Waals surface area (Å²) >= 11 is 2.20. The Morgan fingerprint density at radius 2 is 1.02 bits per heavy atom. The number of hydrogen-bond acceptors (Lipinski definition) is 2. The molecule has 7 aromatic carbocycles. The Hall–Kier alpha value is -5.12. The van der Waals surface area contributed by atoms with Crippen LogP contribution >= 0.6 is 11.3 Å². The van der Waals surface area contributed by atoms with E-state index < -0.39 is 0 Å². The average Bonchev–Trinajstić information content (AvgIpc) is 3.78. The fourth-order valence-electron chi connectivity index (χ4n) is 7.11. The number of nitrogens with zero attached hydrogens (tertiary/aromatic N) is 2. The summed E-state index contributed by atoms with van der Waals surface area (Å²) in [5, 5.41) is 7.87. The van der Waals surface area contributed by atoms with Gasteiger partial charge in [0.1, 0.15) is 0 Å². The molecule has 0 aliphatic heterocycles. The van der Waals surface area contributed by atoms with Crippen molar-refractivity contribution in [2.75, 3.05) is 4.90 Å². The third-order valence-electron chi connectivity index (χ3n) is 9.17. The molecule has 3 heterocycles. The Labute approximate surface area is 275 Å². The zero-order chi connectivity index (χ0) is 30.2. The molecule has 0 fully saturated rings. The second-order valence-electron chi connectivity index (χ2n) is 11.8. The van der Waals surface area contributed by atoms with Gasteiger partial charge >= 0.3 is 271 Å². The summed E-state index contributed by atoms with van der Waals surface area (Å²) in [5.74, 6) is 0. The number of aromatic nitrogens is 1. The third-order valence-corrected chi connectivity index (χ3v) is 12.7. The molecule has 0 bridgehead atoms. The molecule has 0 saturated heterocycles. The summed E-state index contributed by atoms with van der Waals surface area (Å²) < 4.78 is 7.97. The molecule has 216 valence electrons. The first-order valence-electron chi connectivity index (χ1n) is 15.5. The second-order valence-corrected chi connectivity index (χ2v) is 15.1. The van der Waals surface area contributed by atoms with Gasteiger partial charge in [0, 0.05) is 0 Å². The Bertz CT molecular complexity index is 2650. The van der Waals surface area contributed by atoms with E-state index in [0.717, 1.165) is 11.4 Å². The van der Waals surface area contributed by atoms with Crippen LogP contribution in [0.3, 0.4) is 0 Å². The molecule has 10 aromatic rings. The van der Waals surface area contributed by atoms with Gasteiger partial charge in [-0.15, -0.1) is 0 Å². The third kappa shape index (κ3) is 3.95. The van der Waals surface area contributed by atoms with Crippen molar-refractivity contribution in [1.82, 2.24) is 4.57 Å². The van der Waals surface area contributed by atoms with Crippen LogP contribution in [-0.4, -0.2) is 19.1 Å². The summed E-state index contributed by atoms with van der Waals surface area (Å²) in [6.45, 7) is 0. The normalized spacial score (nSPS) is 11.9. The fraction of sp³-hybridized carbons (Fsp3) is 0. The number of thiophene rings is 1. The topological polar surface area (TPSA) is 8.17 Å². The first kappa shape index (κ1) is 26.1. The zero-order valence-corrected chi connectivity index (χ0v) is 27.3. The van der Waals surface area contributed by atoms with E-state index in [2.05, 4.69) is 167 Å². The SMILES string of the molecule is c1ccc(-n2c3ccccc3c3ccc(N(c4ccc5sc6ccccc6c5c4)c4ccc5[se]c6ccccc6c5c4)cc32)cc1. The molecule has 0 radical (unpaired) electrons. The molecule has 0 aliphatic carbocycles. The molecule has 0 atom stereocenters. The summed E-state index contributed by atoms with van der Waals surface area (Å²) in [6, 6.07) is 58.2. The van der Waals surface area contributed by atoms with Crippen molar-refractivity contribution in [2.45, 2.75) is 0 Å². The second kappa shape index (κ2) is 10.2. The van der Waals surface area contributed by atoms with Crippen molar-refractivity contribution >= 4 is 104 Å². The monoisotopic (exact) mass is 670 g/mol. The molecule has 0 spiro atoms. The van der Waals surface area contributed by atoms with Gasteiger partial charge in [0.25, 0.3) is 0 Å². The van der Waals surface area contributed by atoms with Crippen LogP contribution in [-0.2, 0) is 0 Å². The van der Waals surface area contributed by atoms with Crippen LogP contribution in [0.4, 0.5) is 17.1 Å². The number of rotatable bonds is 4. The minimum absolute atomic E-state index is 0.333. The van der Waals surface area contributed by atoms with E-state index >= 15 is 0 Å². The molecule has 0 saturated carbocycles. The fourth-order valence-corrected chi connectivity index (χ4v) is 10.5. The average molecular weight is 670 g/mol. The molecule has 0 amide bonds. The van der Waals surface area contributed by atoms with E-state index in [1.54, 1.807) is 0 Å². The number of fused-ring (bicyclic) bond motifs is 9. The first-order chi connectivity index (χ1) is 22.8. The van der Waals surface area contributed by atoms with Crippen molar-refractivity contribution in [3.05, 3.63) is 158 Å². The standard InChI is InChI=1S/C42H26N2SSe/c1-2-10-27(11-3-1)44-37-15-7-4-12-31(37)32-21-18-30(26-38(32)44)43(28-19-22-40-35(24-28)33-13-5-8-16-39(33)45-40)29-20-23-42-36(25-29)34-14-6-9-17-41(34)46-42/h1-26H. The maximum atomic E-state index is 2.45. The van der Waals surface area contributed by atoms with Gasteiger partial charge < -0.3 is 0 Å². The van der Waals surface area contributed by atoms with Crippen LogP contribution in [0, 0.1) is 0 Å². The van der Waals surface area contributed by atoms with Crippen molar-refractivity contribution in [3.8, 4) is 5.69 Å². The van der Waals surface area contributed by atoms with Crippen molar-refractivity contribution in [3.63, 3.8) is 0 Å². The summed E-state index contributed by atoms with van der Waals surface area (Å²) in [7, 11) is 0. The van der Waals surface area contributed by atoms with Gasteiger partial charge in [0.15, 0.2) is 0 Å². The Balaban J connectivity index is 1.26. The molecule has 4 heteroatoms. The van der Waals surface area contributed by atoms with Crippen LogP contribution in [0.2, 0.25) is 0 Å².